The molecule has 0 bridgehead atoms. The second-order valence-electron chi connectivity index (χ2n) is 6.20. The monoisotopic (exact) mass is 346 g/mol. The number of carbonyl (C=O) groups excluding carboxylic acids is 1. The maximum Gasteiger partial charge on any atom is 0.274 e. The van der Waals surface area contributed by atoms with E-state index in [1.165, 1.54) is 16.8 Å². The van der Waals surface area contributed by atoms with E-state index < -0.39 is 0 Å². The van der Waals surface area contributed by atoms with Crippen LogP contribution in [0.3, 0.4) is 0 Å². The summed E-state index contributed by atoms with van der Waals surface area (Å²) in [6.07, 6.45) is 2.56. The van der Waals surface area contributed by atoms with Crippen molar-refractivity contribution in [1.82, 2.24) is 19.6 Å². The quantitative estimate of drug-likeness (QED) is 0.892. The minimum atomic E-state index is -0.341. The summed E-state index contributed by atoms with van der Waals surface area (Å²) in [5, 5.41) is 13.7. The predicted octanol–water partition coefficient (Wildman–Crippen LogP) is 1.54. The van der Waals surface area contributed by atoms with Crippen LogP contribution in [0.2, 0.25) is 0 Å². The van der Waals surface area contributed by atoms with Crippen LogP contribution in [-0.2, 0) is 0 Å². The highest BCUT2D eigenvalue weighted by atomic mass is 19.1. The first-order valence-electron chi connectivity index (χ1n) is 8.58. The summed E-state index contributed by atoms with van der Waals surface area (Å²) < 4.78 is 14.8. The van der Waals surface area contributed by atoms with E-state index in [2.05, 4.69) is 16.9 Å². The van der Waals surface area contributed by atoms with Crippen LogP contribution < -0.4 is 0 Å². The van der Waals surface area contributed by atoms with Gasteiger partial charge in [-0.05, 0) is 30.7 Å². The lowest BCUT2D eigenvalue weighted by atomic mass is 10.1. The van der Waals surface area contributed by atoms with Gasteiger partial charge in [0.25, 0.3) is 5.91 Å². The van der Waals surface area contributed by atoms with E-state index in [4.69, 9.17) is 0 Å². The summed E-state index contributed by atoms with van der Waals surface area (Å²) in [6.45, 7) is 4.91. The van der Waals surface area contributed by atoms with Gasteiger partial charge in [0.1, 0.15) is 5.82 Å². The molecule has 3 rings (SSSR count). The van der Waals surface area contributed by atoms with Gasteiger partial charge < -0.3 is 10.0 Å². The van der Waals surface area contributed by atoms with Crippen molar-refractivity contribution in [3.05, 3.63) is 48.0 Å². The Morgan fingerprint density at radius 3 is 2.68 bits per heavy atom. The SMILES string of the molecule is CCC(CO)N1CCN(C(=O)c2ccn(-c3cccc(F)c3)n2)CC1. The van der Waals surface area contributed by atoms with Crippen molar-refractivity contribution in [2.75, 3.05) is 32.8 Å². The molecular formula is C18H23FN4O2. The number of rotatable bonds is 5. The van der Waals surface area contributed by atoms with Crippen LogP contribution in [0.5, 0.6) is 0 Å². The summed E-state index contributed by atoms with van der Waals surface area (Å²) in [5.74, 6) is -0.460. The third kappa shape index (κ3) is 3.88. The molecule has 7 heteroatoms. The van der Waals surface area contributed by atoms with E-state index in [9.17, 15) is 14.3 Å². The maximum absolute atomic E-state index is 13.3. The Labute approximate surface area is 146 Å². The predicted molar refractivity (Wildman–Crippen MR) is 92.2 cm³/mol. The molecule has 0 saturated carbocycles. The first-order chi connectivity index (χ1) is 12.1. The number of benzene rings is 1. The molecule has 1 aromatic carbocycles. The lowest BCUT2D eigenvalue weighted by Gasteiger charge is -2.38. The molecule has 1 atom stereocenters. The number of nitrogens with zero attached hydrogens (tertiary/aromatic N) is 4. The Morgan fingerprint density at radius 2 is 2.04 bits per heavy atom. The zero-order valence-corrected chi connectivity index (χ0v) is 14.3. The number of aromatic nitrogens is 2. The molecule has 0 aliphatic carbocycles. The largest absolute Gasteiger partial charge is 0.395 e. The Bertz CT molecular complexity index is 721. The minimum absolute atomic E-state index is 0.119. The first-order valence-corrected chi connectivity index (χ1v) is 8.58. The molecule has 6 nitrogen and oxygen atoms in total. The summed E-state index contributed by atoms with van der Waals surface area (Å²) in [5.41, 5.74) is 0.935. The normalized spacial score (nSPS) is 16.8. The summed E-state index contributed by atoms with van der Waals surface area (Å²) in [7, 11) is 0. The van der Waals surface area contributed by atoms with Gasteiger partial charge in [-0.3, -0.25) is 9.69 Å². The van der Waals surface area contributed by atoms with Gasteiger partial charge in [-0.2, -0.15) is 5.10 Å². The zero-order valence-electron chi connectivity index (χ0n) is 14.3. The van der Waals surface area contributed by atoms with E-state index in [0.29, 0.717) is 24.5 Å². The van der Waals surface area contributed by atoms with Crippen molar-refractivity contribution >= 4 is 5.91 Å². The smallest absolute Gasteiger partial charge is 0.274 e. The second kappa shape index (κ2) is 7.76. The fourth-order valence-electron chi connectivity index (χ4n) is 3.16. The molecule has 1 unspecified atom stereocenters. The second-order valence-corrected chi connectivity index (χ2v) is 6.20. The average molecular weight is 346 g/mol. The van der Waals surface area contributed by atoms with Gasteiger partial charge in [0.15, 0.2) is 5.69 Å². The van der Waals surface area contributed by atoms with Gasteiger partial charge in [0, 0.05) is 38.4 Å². The van der Waals surface area contributed by atoms with E-state index in [0.717, 1.165) is 19.5 Å². The highest BCUT2D eigenvalue weighted by Crippen LogP contribution is 2.13. The van der Waals surface area contributed by atoms with Gasteiger partial charge >= 0.3 is 0 Å². The Balaban J connectivity index is 1.65. The summed E-state index contributed by atoms with van der Waals surface area (Å²) in [6, 6.07) is 7.90. The van der Waals surface area contributed by atoms with Crippen molar-refractivity contribution < 1.29 is 14.3 Å². The van der Waals surface area contributed by atoms with E-state index in [-0.39, 0.29) is 24.4 Å². The van der Waals surface area contributed by atoms with Crippen molar-refractivity contribution in [2.24, 2.45) is 0 Å². The number of amides is 1. The van der Waals surface area contributed by atoms with Crippen LogP contribution in [0, 0.1) is 5.82 Å². The van der Waals surface area contributed by atoms with Crippen LogP contribution in [0.1, 0.15) is 23.8 Å². The Morgan fingerprint density at radius 1 is 1.28 bits per heavy atom. The Kier molecular flexibility index (Phi) is 5.45. The fraction of sp³-hybridized carbons (Fsp3) is 0.444. The molecule has 1 aliphatic heterocycles. The molecule has 1 N–H and O–H groups in total. The number of aliphatic hydroxyl groups is 1. The Hall–Kier alpha value is -2.25. The fourth-order valence-corrected chi connectivity index (χ4v) is 3.16. The highest BCUT2D eigenvalue weighted by Gasteiger charge is 2.26. The standard InChI is InChI=1S/C18H23FN4O2/c1-2-15(13-24)21-8-10-22(11-9-21)18(25)17-6-7-23(20-17)16-5-3-4-14(19)12-16/h3-7,12,15,24H,2,8-11,13H2,1H3. The average Bonchev–Trinajstić information content (AvgIpc) is 3.13. The molecular weight excluding hydrogens is 323 g/mol. The number of hydrogen-bond acceptors (Lipinski definition) is 4. The zero-order chi connectivity index (χ0) is 17.8. The number of hydrogen-bond donors (Lipinski definition) is 1. The molecule has 0 spiro atoms. The van der Waals surface area contributed by atoms with Crippen LogP contribution in [0.15, 0.2) is 36.5 Å². The first kappa shape index (κ1) is 17.6. The summed E-state index contributed by atoms with van der Waals surface area (Å²) >= 11 is 0. The highest BCUT2D eigenvalue weighted by molar-refractivity contribution is 5.92. The topological polar surface area (TPSA) is 61.6 Å². The molecule has 0 radical (unpaired) electrons. The lowest BCUT2D eigenvalue weighted by Crippen LogP contribution is -2.52. The molecule has 1 fully saturated rings. The van der Waals surface area contributed by atoms with Gasteiger partial charge in [-0.25, -0.2) is 9.07 Å². The van der Waals surface area contributed by atoms with Crippen LogP contribution in [0.4, 0.5) is 4.39 Å². The van der Waals surface area contributed by atoms with Gasteiger partial charge in [-0.1, -0.05) is 13.0 Å². The van der Waals surface area contributed by atoms with Crippen LogP contribution in [0.25, 0.3) is 5.69 Å². The summed E-state index contributed by atoms with van der Waals surface area (Å²) in [4.78, 5) is 16.6. The molecule has 2 heterocycles. The van der Waals surface area contributed by atoms with Crippen molar-refractivity contribution in [3.63, 3.8) is 0 Å². The van der Waals surface area contributed by atoms with Crippen molar-refractivity contribution in [2.45, 2.75) is 19.4 Å². The van der Waals surface area contributed by atoms with Crippen molar-refractivity contribution in [3.8, 4) is 5.69 Å². The van der Waals surface area contributed by atoms with Gasteiger partial charge in [-0.15, -0.1) is 0 Å². The molecule has 1 saturated heterocycles. The van der Waals surface area contributed by atoms with E-state index >= 15 is 0 Å². The lowest BCUT2D eigenvalue weighted by molar-refractivity contribution is 0.0468. The van der Waals surface area contributed by atoms with Gasteiger partial charge in [0.2, 0.25) is 0 Å². The third-order valence-corrected chi connectivity index (χ3v) is 4.68. The molecule has 134 valence electrons. The molecule has 1 amide bonds. The van der Waals surface area contributed by atoms with Gasteiger partial charge in [0.05, 0.1) is 12.3 Å². The van der Waals surface area contributed by atoms with E-state index in [1.807, 2.05) is 0 Å². The molecule has 25 heavy (non-hydrogen) atoms. The number of piperazine rings is 1. The number of halogens is 1. The van der Waals surface area contributed by atoms with Crippen LogP contribution in [-0.4, -0.2) is 69.4 Å². The number of carbonyl (C=O) groups is 1. The van der Waals surface area contributed by atoms with Crippen LogP contribution >= 0.6 is 0 Å². The molecule has 1 aromatic heterocycles. The molecule has 1 aliphatic rings. The minimum Gasteiger partial charge on any atom is -0.395 e. The van der Waals surface area contributed by atoms with Crippen molar-refractivity contribution in [1.29, 1.82) is 0 Å². The number of aliphatic hydroxyl groups excluding tert-OH is 1. The molecule has 2 aromatic rings. The maximum atomic E-state index is 13.3. The third-order valence-electron chi connectivity index (χ3n) is 4.68. The van der Waals surface area contributed by atoms with E-state index in [1.54, 1.807) is 29.3 Å².